The third kappa shape index (κ3) is 5.26. The second kappa shape index (κ2) is 9.73. The van der Waals surface area contributed by atoms with Gasteiger partial charge in [-0.15, -0.1) is 0 Å². The highest BCUT2D eigenvalue weighted by molar-refractivity contribution is 5.94. The molecule has 0 atom stereocenters. The molecule has 0 unspecified atom stereocenters. The first-order valence-corrected chi connectivity index (χ1v) is 10.8. The zero-order chi connectivity index (χ0) is 20.8. The van der Waals surface area contributed by atoms with E-state index in [1.165, 1.54) is 0 Å². The molecule has 1 heterocycles. The van der Waals surface area contributed by atoms with Crippen molar-refractivity contribution in [3.63, 3.8) is 0 Å². The van der Waals surface area contributed by atoms with Gasteiger partial charge in [0.15, 0.2) is 0 Å². The molecule has 3 aromatic rings. The highest BCUT2D eigenvalue weighted by Crippen LogP contribution is 2.20. The number of fused-ring (bicyclic) bond motifs is 1. The molecule has 0 spiro atoms. The average Bonchev–Trinajstić information content (AvgIpc) is 3.05. The van der Waals surface area contributed by atoms with Crippen LogP contribution in [0.25, 0.3) is 11.0 Å². The summed E-state index contributed by atoms with van der Waals surface area (Å²) in [5, 5.41) is 0. The number of rotatable bonds is 9. The molecule has 154 valence electrons. The van der Waals surface area contributed by atoms with Gasteiger partial charge in [0.2, 0.25) is 0 Å². The number of unbranched alkanes of at least 4 members (excludes halogenated alkanes) is 1. The van der Waals surface area contributed by atoms with Crippen molar-refractivity contribution in [2.75, 3.05) is 6.54 Å². The summed E-state index contributed by atoms with van der Waals surface area (Å²) in [7, 11) is 0. The standard InChI is InChI=1S/C25H33N3O/c1-5-6-15-28-23-13-8-7-12-22(23)26-24(28)18-27(16-14-19(2)3)25(29)21-11-9-10-20(4)17-21/h7-13,17,19H,5-6,14-16,18H2,1-4H3. The number of carbonyl (C=O) groups is 1. The molecule has 0 aliphatic rings. The van der Waals surface area contributed by atoms with Gasteiger partial charge in [-0.3, -0.25) is 4.79 Å². The Labute approximate surface area is 174 Å². The number of nitrogens with zero attached hydrogens (tertiary/aromatic N) is 3. The van der Waals surface area contributed by atoms with Crippen LogP contribution in [-0.4, -0.2) is 26.9 Å². The summed E-state index contributed by atoms with van der Waals surface area (Å²) in [6.07, 6.45) is 3.21. The van der Waals surface area contributed by atoms with Gasteiger partial charge in [0.1, 0.15) is 5.82 Å². The Morgan fingerprint density at radius 3 is 2.66 bits per heavy atom. The van der Waals surface area contributed by atoms with Crippen molar-refractivity contribution < 1.29 is 4.79 Å². The molecule has 0 N–H and O–H groups in total. The SMILES string of the molecule is CCCCn1c(CN(CCC(C)C)C(=O)c2cccc(C)c2)nc2ccccc21. The monoisotopic (exact) mass is 391 g/mol. The number of aromatic nitrogens is 2. The van der Waals surface area contributed by atoms with E-state index >= 15 is 0 Å². The molecule has 4 heteroatoms. The third-order valence-corrected chi connectivity index (χ3v) is 5.33. The summed E-state index contributed by atoms with van der Waals surface area (Å²) in [5.41, 5.74) is 4.02. The summed E-state index contributed by atoms with van der Waals surface area (Å²) in [6, 6.07) is 16.1. The molecule has 2 aromatic carbocycles. The van der Waals surface area contributed by atoms with Crippen LogP contribution in [0.15, 0.2) is 48.5 Å². The lowest BCUT2D eigenvalue weighted by molar-refractivity contribution is 0.0729. The van der Waals surface area contributed by atoms with Crippen LogP contribution in [0, 0.1) is 12.8 Å². The summed E-state index contributed by atoms with van der Waals surface area (Å²) >= 11 is 0. The van der Waals surface area contributed by atoms with E-state index in [1.54, 1.807) is 0 Å². The summed E-state index contributed by atoms with van der Waals surface area (Å²) in [5.74, 6) is 1.61. The molecule has 0 fully saturated rings. The van der Waals surface area contributed by atoms with Gasteiger partial charge in [0.25, 0.3) is 5.91 Å². The second-order valence-electron chi connectivity index (χ2n) is 8.30. The second-order valence-corrected chi connectivity index (χ2v) is 8.30. The van der Waals surface area contributed by atoms with Gasteiger partial charge in [-0.1, -0.05) is 57.0 Å². The minimum atomic E-state index is 0.0865. The van der Waals surface area contributed by atoms with Gasteiger partial charge in [-0.25, -0.2) is 4.98 Å². The van der Waals surface area contributed by atoms with Crippen LogP contribution in [0.5, 0.6) is 0 Å². The van der Waals surface area contributed by atoms with E-state index in [4.69, 9.17) is 4.98 Å². The Morgan fingerprint density at radius 1 is 1.14 bits per heavy atom. The molecule has 29 heavy (non-hydrogen) atoms. The molecule has 0 aliphatic carbocycles. The van der Waals surface area contributed by atoms with E-state index in [9.17, 15) is 4.79 Å². The third-order valence-electron chi connectivity index (χ3n) is 5.33. The Hall–Kier alpha value is -2.62. The van der Waals surface area contributed by atoms with Gasteiger partial charge in [-0.05, 0) is 49.9 Å². The largest absolute Gasteiger partial charge is 0.331 e. The smallest absolute Gasteiger partial charge is 0.254 e. The minimum Gasteiger partial charge on any atom is -0.331 e. The number of aryl methyl sites for hydroxylation is 2. The van der Waals surface area contributed by atoms with Gasteiger partial charge < -0.3 is 9.47 Å². The van der Waals surface area contributed by atoms with Crippen LogP contribution >= 0.6 is 0 Å². The number of amides is 1. The van der Waals surface area contributed by atoms with E-state index in [0.29, 0.717) is 12.5 Å². The predicted octanol–water partition coefficient (Wildman–Crippen LogP) is 5.83. The van der Waals surface area contributed by atoms with E-state index in [1.807, 2.05) is 42.2 Å². The predicted molar refractivity (Wildman–Crippen MR) is 120 cm³/mol. The molecule has 0 saturated heterocycles. The van der Waals surface area contributed by atoms with E-state index in [-0.39, 0.29) is 5.91 Å². The van der Waals surface area contributed by atoms with Crippen LogP contribution in [0.4, 0.5) is 0 Å². The minimum absolute atomic E-state index is 0.0865. The fourth-order valence-electron chi connectivity index (χ4n) is 3.61. The van der Waals surface area contributed by atoms with Crippen molar-refractivity contribution in [3.05, 3.63) is 65.5 Å². The zero-order valence-corrected chi connectivity index (χ0v) is 18.2. The van der Waals surface area contributed by atoms with Crippen molar-refractivity contribution >= 4 is 16.9 Å². The molecular weight excluding hydrogens is 358 g/mol. The number of hydrogen-bond acceptors (Lipinski definition) is 2. The molecule has 0 bridgehead atoms. The van der Waals surface area contributed by atoms with Crippen molar-refractivity contribution in [1.82, 2.24) is 14.5 Å². The molecule has 1 aromatic heterocycles. The Morgan fingerprint density at radius 2 is 1.93 bits per heavy atom. The van der Waals surface area contributed by atoms with Gasteiger partial charge >= 0.3 is 0 Å². The van der Waals surface area contributed by atoms with E-state index in [2.05, 4.69) is 43.5 Å². The summed E-state index contributed by atoms with van der Waals surface area (Å²) in [6.45, 7) is 10.8. The van der Waals surface area contributed by atoms with Crippen molar-refractivity contribution in [3.8, 4) is 0 Å². The van der Waals surface area contributed by atoms with Crippen molar-refractivity contribution in [1.29, 1.82) is 0 Å². The lowest BCUT2D eigenvalue weighted by Crippen LogP contribution is -2.33. The van der Waals surface area contributed by atoms with Gasteiger partial charge in [-0.2, -0.15) is 0 Å². The highest BCUT2D eigenvalue weighted by Gasteiger charge is 2.20. The molecular formula is C25H33N3O. The van der Waals surface area contributed by atoms with Gasteiger partial charge in [0, 0.05) is 18.7 Å². The molecule has 0 aliphatic heterocycles. The number of imidazole rings is 1. The zero-order valence-electron chi connectivity index (χ0n) is 18.2. The average molecular weight is 392 g/mol. The molecule has 4 nitrogen and oxygen atoms in total. The van der Waals surface area contributed by atoms with Crippen LogP contribution in [0.1, 0.15) is 61.8 Å². The highest BCUT2D eigenvalue weighted by atomic mass is 16.2. The lowest BCUT2D eigenvalue weighted by Gasteiger charge is -2.24. The molecule has 1 amide bonds. The lowest BCUT2D eigenvalue weighted by atomic mass is 10.1. The summed E-state index contributed by atoms with van der Waals surface area (Å²) in [4.78, 5) is 20.2. The topological polar surface area (TPSA) is 38.1 Å². The first kappa shape index (κ1) is 21.1. The fourth-order valence-corrected chi connectivity index (χ4v) is 3.61. The Balaban J connectivity index is 1.93. The van der Waals surface area contributed by atoms with Crippen LogP contribution < -0.4 is 0 Å². The molecule has 3 rings (SSSR count). The quantitative estimate of drug-likeness (QED) is 0.460. The fraction of sp³-hybridized carbons (Fsp3) is 0.440. The van der Waals surface area contributed by atoms with Crippen LogP contribution in [-0.2, 0) is 13.1 Å². The maximum absolute atomic E-state index is 13.3. The normalized spacial score (nSPS) is 11.3. The van der Waals surface area contributed by atoms with E-state index < -0.39 is 0 Å². The summed E-state index contributed by atoms with van der Waals surface area (Å²) < 4.78 is 2.30. The van der Waals surface area contributed by atoms with Crippen molar-refractivity contribution in [2.24, 2.45) is 5.92 Å². The Kier molecular flexibility index (Phi) is 7.08. The first-order valence-electron chi connectivity index (χ1n) is 10.8. The molecule has 0 radical (unpaired) electrons. The first-order chi connectivity index (χ1) is 14.0. The van der Waals surface area contributed by atoms with E-state index in [0.717, 1.165) is 60.3 Å². The number of carbonyl (C=O) groups excluding carboxylic acids is 1. The van der Waals surface area contributed by atoms with Gasteiger partial charge in [0.05, 0.1) is 17.6 Å². The Bertz CT molecular complexity index is 958. The van der Waals surface area contributed by atoms with Crippen LogP contribution in [0.3, 0.4) is 0 Å². The number of para-hydroxylation sites is 2. The maximum Gasteiger partial charge on any atom is 0.254 e. The number of hydrogen-bond donors (Lipinski definition) is 0. The maximum atomic E-state index is 13.3. The van der Waals surface area contributed by atoms with Crippen LogP contribution in [0.2, 0.25) is 0 Å². The molecule has 0 saturated carbocycles. The van der Waals surface area contributed by atoms with Crippen molar-refractivity contribution in [2.45, 2.75) is 60.0 Å². The number of benzene rings is 2.